The van der Waals surface area contributed by atoms with Crippen molar-refractivity contribution in [1.82, 2.24) is 4.90 Å². The van der Waals surface area contributed by atoms with Crippen LogP contribution in [0.3, 0.4) is 0 Å². The quantitative estimate of drug-likeness (QED) is 0.114. The molecule has 0 spiro atoms. The first kappa shape index (κ1) is 60.2. The minimum atomic E-state index is -2.45. The summed E-state index contributed by atoms with van der Waals surface area (Å²) in [6.45, 7) is 12.8. The number of esters is 2. The molecule has 3 fully saturated rings. The number of Topliss-reactive ketones (excluding diaryl/α,β-unsaturated/α-hetero) is 3. The molecule has 0 aromatic carbocycles. The van der Waals surface area contributed by atoms with E-state index in [0.717, 1.165) is 5.57 Å². The van der Waals surface area contributed by atoms with Crippen LogP contribution >= 0.6 is 0 Å². The van der Waals surface area contributed by atoms with Crippen molar-refractivity contribution in [3.05, 3.63) is 78.2 Å². The molecular formula is C58H85N2O14+. The van der Waals surface area contributed by atoms with E-state index >= 15 is 0 Å². The van der Waals surface area contributed by atoms with Crippen LogP contribution in [0.15, 0.2) is 78.2 Å². The van der Waals surface area contributed by atoms with Gasteiger partial charge >= 0.3 is 11.9 Å². The molecule has 5 rings (SSSR count). The number of methoxy groups -OCH3 is 3. The SMILES string of the molecule is CO[C@H]1C[C@@H]2CC[C@@H](C)[C@@](O)(O2)C(=O)C(=O)N2CCCC[C@H]2C(=O)O[C@H]([C@H](C)C[C@@H]2CC[C@@H](OC(=O)C[n+]3ccccc3)[C@H](OC)C2)CC(=O)[C@H](C)/C=C(\C)[C@@H](O)[C@@H](OC)C(=O)[C@H](C)C[C@H](C)/C=C/C=C/C=C/1C. The number of hydrogen-bond acceptors (Lipinski definition) is 14. The van der Waals surface area contributed by atoms with E-state index in [1.807, 2.05) is 76.3 Å². The van der Waals surface area contributed by atoms with E-state index in [0.29, 0.717) is 69.8 Å². The van der Waals surface area contributed by atoms with E-state index in [4.69, 9.17) is 28.4 Å². The zero-order chi connectivity index (χ0) is 54.3. The maximum Gasteiger partial charge on any atom is 0.373 e. The molecule has 2 N–H and O–H groups in total. The fraction of sp³-hybridized carbons (Fsp3) is 0.672. The van der Waals surface area contributed by atoms with Crippen LogP contribution in [0, 0.1) is 35.5 Å². The van der Waals surface area contributed by atoms with Gasteiger partial charge in [-0.25, -0.2) is 9.59 Å². The van der Waals surface area contributed by atoms with Gasteiger partial charge in [0.25, 0.3) is 11.7 Å². The molecule has 0 radical (unpaired) electrons. The van der Waals surface area contributed by atoms with Gasteiger partial charge < -0.3 is 43.5 Å². The summed E-state index contributed by atoms with van der Waals surface area (Å²) in [5, 5.41) is 23.6. The van der Waals surface area contributed by atoms with E-state index in [1.165, 1.54) is 12.0 Å². The monoisotopic (exact) mass is 1030 g/mol. The third-order valence-corrected chi connectivity index (χ3v) is 15.8. The van der Waals surface area contributed by atoms with Gasteiger partial charge in [0.2, 0.25) is 12.3 Å². The van der Waals surface area contributed by atoms with Gasteiger partial charge in [0, 0.05) is 70.6 Å². The first-order valence-corrected chi connectivity index (χ1v) is 26.8. The highest BCUT2D eigenvalue weighted by molar-refractivity contribution is 6.39. The highest BCUT2D eigenvalue weighted by Crippen LogP contribution is 2.38. The number of aromatic nitrogens is 1. The Morgan fingerprint density at radius 3 is 2.27 bits per heavy atom. The predicted octanol–water partition coefficient (Wildman–Crippen LogP) is 6.72. The summed E-state index contributed by atoms with van der Waals surface area (Å²) in [5.41, 5.74) is 1.24. The fourth-order valence-electron chi connectivity index (χ4n) is 11.1. The Hall–Kier alpha value is -4.71. The molecule has 4 aliphatic rings. The highest BCUT2D eigenvalue weighted by Gasteiger charge is 2.53. The number of allylic oxidation sites excluding steroid dienone is 6. The van der Waals surface area contributed by atoms with Crippen molar-refractivity contribution in [1.29, 1.82) is 0 Å². The molecule has 3 aliphatic heterocycles. The number of amides is 1. The Balaban J connectivity index is 1.43. The number of hydrogen-bond donors (Lipinski definition) is 2. The number of nitrogens with zero attached hydrogens (tertiary/aromatic N) is 2. The molecule has 1 aromatic heterocycles. The van der Waals surface area contributed by atoms with E-state index < -0.39 is 95.9 Å². The molecule has 1 aromatic rings. The smallest absolute Gasteiger partial charge is 0.373 e. The lowest BCUT2D eigenvalue weighted by Crippen LogP contribution is -2.61. The minimum Gasteiger partial charge on any atom is -0.460 e. The number of ether oxygens (including phenoxy) is 6. The Bertz CT molecular complexity index is 2190. The number of pyridine rings is 1. The average molecular weight is 1030 g/mol. The first-order chi connectivity index (χ1) is 35.2. The molecule has 1 saturated carbocycles. The number of cyclic esters (lactones) is 1. The summed E-state index contributed by atoms with van der Waals surface area (Å²) in [6, 6.07) is 4.36. The molecule has 2 bridgehead atoms. The van der Waals surface area contributed by atoms with Crippen molar-refractivity contribution >= 4 is 35.2 Å². The molecule has 2 saturated heterocycles. The molecule has 410 valence electrons. The Kier molecular flexibility index (Phi) is 23.1. The van der Waals surface area contributed by atoms with Crippen LogP contribution in [0.2, 0.25) is 0 Å². The summed E-state index contributed by atoms with van der Waals surface area (Å²) in [7, 11) is 4.53. The Morgan fingerprint density at radius 2 is 1.58 bits per heavy atom. The zero-order valence-corrected chi connectivity index (χ0v) is 45.5. The van der Waals surface area contributed by atoms with Crippen LogP contribution in [0.5, 0.6) is 0 Å². The van der Waals surface area contributed by atoms with Crippen molar-refractivity contribution in [3.8, 4) is 0 Å². The topological polar surface area (TPSA) is 205 Å². The maximum atomic E-state index is 14.6. The van der Waals surface area contributed by atoms with Crippen LogP contribution in [0.4, 0.5) is 0 Å². The zero-order valence-electron chi connectivity index (χ0n) is 45.5. The minimum absolute atomic E-state index is 0.00490. The molecule has 0 unspecified atom stereocenters. The van der Waals surface area contributed by atoms with Crippen molar-refractivity contribution in [2.75, 3.05) is 27.9 Å². The summed E-state index contributed by atoms with van der Waals surface area (Å²) in [6.07, 6.45) is 14.4. The van der Waals surface area contributed by atoms with E-state index in [2.05, 4.69) is 0 Å². The second kappa shape index (κ2) is 28.4. The largest absolute Gasteiger partial charge is 0.460 e. The fourth-order valence-corrected chi connectivity index (χ4v) is 11.1. The molecule has 1 amide bonds. The number of aliphatic hydroxyl groups excluding tert-OH is 1. The lowest BCUT2D eigenvalue weighted by molar-refractivity contribution is -0.686. The van der Waals surface area contributed by atoms with Crippen molar-refractivity contribution < 1.29 is 72.0 Å². The number of piperidine rings is 1. The van der Waals surface area contributed by atoms with Gasteiger partial charge in [0.1, 0.15) is 36.2 Å². The highest BCUT2D eigenvalue weighted by atomic mass is 16.6. The normalized spacial score (nSPS) is 36.8. The number of carbonyl (C=O) groups excluding carboxylic acids is 6. The maximum absolute atomic E-state index is 14.6. The number of aliphatic hydroxyl groups is 2. The lowest BCUT2D eigenvalue weighted by Gasteiger charge is -2.42. The van der Waals surface area contributed by atoms with Crippen molar-refractivity contribution in [2.45, 2.75) is 187 Å². The third-order valence-electron chi connectivity index (χ3n) is 15.8. The van der Waals surface area contributed by atoms with Crippen LogP contribution in [-0.2, 0) is 63.7 Å². The van der Waals surface area contributed by atoms with E-state index in [1.54, 1.807) is 58.0 Å². The molecule has 74 heavy (non-hydrogen) atoms. The van der Waals surface area contributed by atoms with Crippen LogP contribution in [-0.4, -0.2) is 133 Å². The summed E-state index contributed by atoms with van der Waals surface area (Å²) in [5.74, 6) is -8.66. The summed E-state index contributed by atoms with van der Waals surface area (Å²) in [4.78, 5) is 85.5. The average Bonchev–Trinajstić information content (AvgIpc) is 3.38. The van der Waals surface area contributed by atoms with Gasteiger partial charge in [-0.1, -0.05) is 77.1 Å². The number of ketones is 3. The van der Waals surface area contributed by atoms with Gasteiger partial charge in [0.15, 0.2) is 18.2 Å². The van der Waals surface area contributed by atoms with E-state index in [9.17, 15) is 39.0 Å². The van der Waals surface area contributed by atoms with Gasteiger partial charge in [-0.3, -0.25) is 19.2 Å². The second-order valence-electron chi connectivity index (χ2n) is 21.6. The molecule has 1 aliphatic carbocycles. The van der Waals surface area contributed by atoms with Crippen molar-refractivity contribution in [3.63, 3.8) is 0 Å². The number of rotatable bonds is 9. The third kappa shape index (κ3) is 16.2. The standard InChI is InChI=1S/C58H85N2O14/c1-36-19-13-11-14-20-37(2)48(69-8)33-44-24-22-42(7)58(68,74-44)55(65)56(66)60-28-18-15-21-45(60)57(67)73-49(34-46(61)38(3)30-41(6)53(64)54(71-10)52(63)40(5)29-36)39(4)31-43-23-25-47(50(32-43)70-9)72-51(62)35-59-26-16-12-17-27-59/h11-14,16-17,19-20,26-27,30,36,38-40,42-45,47-50,53-54,64,68H,15,18,21-25,28-29,31-35H2,1-10H3/q+1/b14-11+,19-13+,37-20+,41-30+/t36-,38-,39-,40-,42-,43+,44+,45+,47-,48+,49+,50-,53-,54+,58-/m1/s1. The second-order valence-corrected chi connectivity index (χ2v) is 21.6. The molecule has 16 nitrogen and oxygen atoms in total. The van der Waals surface area contributed by atoms with Gasteiger partial charge in [-0.15, -0.1) is 0 Å². The summed E-state index contributed by atoms with van der Waals surface area (Å²) >= 11 is 0. The lowest BCUT2D eigenvalue weighted by atomic mass is 9.78. The molecule has 16 heteroatoms. The van der Waals surface area contributed by atoms with Gasteiger partial charge in [0.05, 0.1) is 18.3 Å². The Labute approximate surface area is 438 Å². The Morgan fingerprint density at radius 1 is 0.851 bits per heavy atom. The molecule has 15 atom stereocenters. The van der Waals surface area contributed by atoms with Crippen LogP contribution in [0.25, 0.3) is 0 Å². The first-order valence-electron chi connectivity index (χ1n) is 26.8. The molecular weight excluding hydrogens is 949 g/mol. The van der Waals surface area contributed by atoms with Crippen molar-refractivity contribution in [2.24, 2.45) is 35.5 Å². The van der Waals surface area contributed by atoms with E-state index in [-0.39, 0.29) is 55.3 Å². The summed E-state index contributed by atoms with van der Waals surface area (Å²) < 4.78 is 37.5. The van der Waals surface area contributed by atoms with Crippen LogP contribution < -0.4 is 4.57 Å². The van der Waals surface area contributed by atoms with Gasteiger partial charge in [-0.05, 0) is 107 Å². The number of carbonyl (C=O) groups is 6. The molecule has 4 heterocycles. The predicted molar refractivity (Wildman–Crippen MR) is 276 cm³/mol. The van der Waals surface area contributed by atoms with Gasteiger partial charge in [-0.2, -0.15) is 4.57 Å². The van der Waals surface area contributed by atoms with Crippen LogP contribution in [0.1, 0.15) is 126 Å². The number of fused-ring (bicyclic) bond motifs is 3.